The first-order valence-corrected chi connectivity index (χ1v) is 5.60. The summed E-state index contributed by atoms with van der Waals surface area (Å²) in [6.45, 7) is 1.48. The van der Waals surface area contributed by atoms with Crippen molar-refractivity contribution >= 4 is 21.4 Å². The first-order chi connectivity index (χ1) is 6.66. The van der Waals surface area contributed by atoms with Gasteiger partial charge >= 0.3 is 5.51 Å². The minimum Gasteiger partial charge on any atom is -0.214 e. The van der Waals surface area contributed by atoms with Gasteiger partial charge in [0.05, 0.1) is 9.92 Å². The van der Waals surface area contributed by atoms with E-state index in [0.29, 0.717) is 5.56 Å². The van der Waals surface area contributed by atoms with Crippen LogP contribution in [0.25, 0.3) is 0 Å². The fourth-order valence-corrected chi connectivity index (χ4v) is 2.28. The zero-order valence-electron chi connectivity index (χ0n) is 7.47. The Balaban J connectivity index is 3.47. The largest absolute Gasteiger partial charge is 0.501 e. The molecule has 0 fully saturated rings. The molecule has 1 aromatic rings. The molecule has 2 nitrogen and oxygen atoms in total. The molecule has 84 valence electrons. The van der Waals surface area contributed by atoms with Crippen LogP contribution in [0.4, 0.5) is 13.2 Å². The van der Waals surface area contributed by atoms with Gasteiger partial charge in [-0.3, -0.25) is 0 Å². The highest BCUT2D eigenvalue weighted by molar-refractivity contribution is 7.92. The second kappa shape index (κ2) is 3.68. The highest BCUT2D eigenvalue weighted by Gasteiger charge is 2.47. The van der Waals surface area contributed by atoms with Gasteiger partial charge in [-0.05, 0) is 24.6 Å². The zero-order valence-corrected chi connectivity index (χ0v) is 9.04. The van der Waals surface area contributed by atoms with Crippen molar-refractivity contribution in [2.75, 3.05) is 0 Å². The number of benzene rings is 1. The number of hydrogen-bond acceptors (Lipinski definition) is 2. The van der Waals surface area contributed by atoms with Crippen LogP contribution in [-0.2, 0) is 9.84 Å². The molecule has 0 spiro atoms. The van der Waals surface area contributed by atoms with Crippen molar-refractivity contribution in [1.82, 2.24) is 0 Å². The highest BCUT2D eigenvalue weighted by atomic mass is 35.5. The van der Waals surface area contributed by atoms with E-state index in [9.17, 15) is 21.6 Å². The first kappa shape index (κ1) is 12.3. The third kappa shape index (κ3) is 2.26. The molecule has 0 saturated carbocycles. The highest BCUT2D eigenvalue weighted by Crippen LogP contribution is 2.34. The summed E-state index contributed by atoms with van der Waals surface area (Å²) in [4.78, 5) is -0.906. The summed E-state index contributed by atoms with van der Waals surface area (Å²) < 4.78 is 58.6. The van der Waals surface area contributed by atoms with E-state index in [1.165, 1.54) is 13.0 Å². The van der Waals surface area contributed by atoms with Crippen LogP contribution in [0.2, 0.25) is 5.02 Å². The van der Waals surface area contributed by atoms with E-state index in [0.717, 1.165) is 12.1 Å². The molecular formula is C8H6ClF3O2S. The second-order valence-electron chi connectivity index (χ2n) is 2.88. The molecule has 0 N–H and O–H groups in total. The molecule has 0 unspecified atom stereocenters. The van der Waals surface area contributed by atoms with Gasteiger partial charge in [0.15, 0.2) is 0 Å². The molecule has 0 aromatic heterocycles. The van der Waals surface area contributed by atoms with Crippen LogP contribution in [-0.4, -0.2) is 13.9 Å². The minimum atomic E-state index is -5.36. The van der Waals surface area contributed by atoms with Gasteiger partial charge < -0.3 is 0 Å². The van der Waals surface area contributed by atoms with Crippen LogP contribution >= 0.6 is 11.6 Å². The Morgan fingerprint density at radius 2 is 1.80 bits per heavy atom. The summed E-state index contributed by atoms with van der Waals surface area (Å²) in [5, 5.41) is -0.432. The van der Waals surface area contributed by atoms with Crippen molar-refractivity contribution < 1.29 is 21.6 Å². The van der Waals surface area contributed by atoms with Crippen LogP contribution in [0.15, 0.2) is 23.1 Å². The van der Waals surface area contributed by atoms with E-state index in [2.05, 4.69) is 0 Å². The van der Waals surface area contributed by atoms with Crippen molar-refractivity contribution in [2.45, 2.75) is 17.3 Å². The molecule has 0 aliphatic rings. The molecule has 0 saturated heterocycles. The average Bonchev–Trinajstić information content (AvgIpc) is 2.07. The van der Waals surface area contributed by atoms with Gasteiger partial charge in [0.25, 0.3) is 9.84 Å². The molecule has 0 atom stereocenters. The Labute approximate surface area is 89.6 Å². The molecule has 15 heavy (non-hydrogen) atoms. The first-order valence-electron chi connectivity index (χ1n) is 3.74. The number of alkyl halides is 3. The standard InChI is InChI=1S/C8H6ClF3O2S/c1-5-2-3-6(9)7(4-5)15(13,14)8(10,11)12/h2-4H,1H3. The fraction of sp³-hybridized carbons (Fsp3) is 0.250. The minimum absolute atomic E-state index is 0.391. The maximum atomic E-state index is 12.2. The van der Waals surface area contributed by atoms with Crippen molar-refractivity contribution in [3.8, 4) is 0 Å². The normalized spacial score (nSPS) is 12.9. The Morgan fingerprint density at radius 1 is 1.27 bits per heavy atom. The topological polar surface area (TPSA) is 34.1 Å². The average molecular weight is 259 g/mol. The van der Waals surface area contributed by atoms with Crippen molar-refractivity contribution in [3.63, 3.8) is 0 Å². The van der Waals surface area contributed by atoms with E-state index >= 15 is 0 Å². The van der Waals surface area contributed by atoms with Crippen LogP contribution in [0, 0.1) is 6.92 Å². The molecule has 1 aromatic carbocycles. The monoisotopic (exact) mass is 258 g/mol. The summed E-state index contributed by atoms with van der Waals surface area (Å²) >= 11 is 5.41. The van der Waals surface area contributed by atoms with Gasteiger partial charge in [-0.1, -0.05) is 17.7 Å². The molecular weight excluding hydrogens is 253 g/mol. The summed E-state index contributed by atoms with van der Waals surface area (Å²) in [5.74, 6) is 0. The number of aryl methyl sites for hydroxylation is 1. The summed E-state index contributed by atoms with van der Waals surface area (Å²) in [6, 6.07) is 3.44. The molecule has 0 aliphatic carbocycles. The third-order valence-electron chi connectivity index (χ3n) is 1.68. The van der Waals surface area contributed by atoms with E-state index in [4.69, 9.17) is 11.6 Å². The smallest absolute Gasteiger partial charge is 0.214 e. The van der Waals surface area contributed by atoms with Crippen LogP contribution in [0.3, 0.4) is 0 Å². The van der Waals surface area contributed by atoms with E-state index in [1.54, 1.807) is 0 Å². The Kier molecular flexibility index (Phi) is 3.02. The maximum Gasteiger partial charge on any atom is 0.501 e. The predicted molar refractivity (Wildman–Crippen MR) is 49.4 cm³/mol. The van der Waals surface area contributed by atoms with Crippen molar-refractivity contribution in [2.24, 2.45) is 0 Å². The second-order valence-corrected chi connectivity index (χ2v) is 5.20. The molecule has 0 radical (unpaired) electrons. The number of sulfone groups is 1. The van der Waals surface area contributed by atoms with Gasteiger partial charge in [-0.15, -0.1) is 0 Å². The van der Waals surface area contributed by atoms with Crippen LogP contribution in [0.1, 0.15) is 5.56 Å². The molecule has 0 amide bonds. The Bertz CT molecular complexity index is 479. The number of hydrogen-bond donors (Lipinski definition) is 0. The van der Waals surface area contributed by atoms with Gasteiger partial charge in [0.1, 0.15) is 0 Å². The van der Waals surface area contributed by atoms with E-state index in [1.807, 2.05) is 0 Å². The lowest BCUT2D eigenvalue weighted by molar-refractivity contribution is -0.0435. The van der Waals surface area contributed by atoms with Gasteiger partial charge in [0, 0.05) is 0 Å². The van der Waals surface area contributed by atoms with Crippen molar-refractivity contribution in [1.29, 1.82) is 0 Å². The fourth-order valence-electron chi connectivity index (χ4n) is 0.941. The Hall–Kier alpha value is -0.750. The number of rotatable bonds is 1. The van der Waals surface area contributed by atoms with E-state index in [-0.39, 0.29) is 0 Å². The van der Waals surface area contributed by atoms with Gasteiger partial charge in [-0.2, -0.15) is 13.2 Å². The molecule has 0 heterocycles. The lowest BCUT2D eigenvalue weighted by Gasteiger charge is -2.09. The predicted octanol–water partition coefficient (Wildman–Crippen LogP) is 2.94. The maximum absolute atomic E-state index is 12.2. The molecule has 0 aliphatic heterocycles. The lowest BCUT2D eigenvalue weighted by Crippen LogP contribution is -2.23. The number of halogens is 4. The quantitative estimate of drug-likeness (QED) is 0.776. The van der Waals surface area contributed by atoms with Gasteiger partial charge in [-0.25, -0.2) is 8.42 Å². The molecule has 7 heteroatoms. The van der Waals surface area contributed by atoms with E-state index < -0.39 is 25.3 Å². The van der Waals surface area contributed by atoms with Crippen molar-refractivity contribution in [3.05, 3.63) is 28.8 Å². The summed E-state index contributed by atoms with van der Waals surface area (Å²) in [5.41, 5.74) is -4.94. The summed E-state index contributed by atoms with van der Waals surface area (Å²) in [7, 11) is -5.36. The lowest BCUT2D eigenvalue weighted by atomic mass is 10.2. The molecule has 1 rings (SSSR count). The SMILES string of the molecule is Cc1ccc(Cl)c(S(=O)(=O)C(F)(F)F)c1. The Morgan fingerprint density at radius 3 is 2.27 bits per heavy atom. The van der Waals surface area contributed by atoms with Gasteiger partial charge in [0.2, 0.25) is 0 Å². The molecule has 0 bridgehead atoms. The third-order valence-corrected chi connectivity index (χ3v) is 3.65. The summed E-state index contributed by atoms with van der Waals surface area (Å²) in [6.07, 6.45) is 0. The van der Waals surface area contributed by atoms with Crippen LogP contribution in [0.5, 0.6) is 0 Å². The van der Waals surface area contributed by atoms with Crippen LogP contribution < -0.4 is 0 Å². The zero-order chi connectivity index (χ0) is 11.9.